The minimum atomic E-state index is -3.75. The maximum atomic E-state index is 13.0. The summed E-state index contributed by atoms with van der Waals surface area (Å²) in [7, 11) is -1.16. The van der Waals surface area contributed by atoms with Crippen LogP contribution in [0.1, 0.15) is 17.3 Å². The van der Waals surface area contributed by atoms with Crippen LogP contribution in [0.5, 0.6) is 0 Å². The number of hydroxylamine groups is 1. The highest BCUT2D eigenvalue weighted by Gasteiger charge is 2.22. The van der Waals surface area contributed by atoms with Gasteiger partial charge in [-0.15, -0.1) is 0 Å². The largest absolute Gasteiger partial charge is 0.309 e. The molecular formula is C21H22N2O4S. The van der Waals surface area contributed by atoms with Gasteiger partial charge in [0, 0.05) is 24.8 Å². The molecule has 28 heavy (non-hydrogen) atoms. The predicted molar refractivity (Wildman–Crippen MR) is 110 cm³/mol. The van der Waals surface area contributed by atoms with E-state index < -0.39 is 10.0 Å². The standard InChI is InChI=1S/C21H22N2O4S/c1-4-23(19-12-9-16-7-5-6-8-18(16)15-19)21(24)17-10-13-20(14-11-17)28(25,26)22(2)27-3/h5-15H,4H2,1-3H3. The van der Waals surface area contributed by atoms with E-state index in [0.717, 1.165) is 20.9 Å². The Balaban J connectivity index is 1.90. The van der Waals surface area contributed by atoms with E-state index in [2.05, 4.69) is 0 Å². The fourth-order valence-corrected chi connectivity index (χ4v) is 3.93. The topological polar surface area (TPSA) is 66.9 Å². The zero-order chi connectivity index (χ0) is 20.3. The van der Waals surface area contributed by atoms with E-state index in [0.29, 0.717) is 12.1 Å². The molecule has 0 N–H and O–H groups in total. The van der Waals surface area contributed by atoms with Crippen molar-refractivity contribution in [3.63, 3.8) is 0 Å². The summed E-state index contributed by atoms with van der Waals surface area (Å²) in [5.74, 6) is -0.193. The molecule has 0 aliphatic heterocycles. The van der Waals surface area contributed by atoms with Crippen molar-refractivity contribution in [1.82, 2.24) is 4.47 Å². The van der Waals surface area contributed by atoms with Crippen molar-refractivity contribution in [1.29, 1.82) is 0 Å². The van der Waals surface area contributed by atoms with Crippen LogP contribution in [-0.4, -0.2) is 39.5 Å². The number of hydrogen-bond donors (Lipinski definition) is 0. The van der Waals surface area contributed by atoms with Gasteiger partial charge in [0.05, 0.1) is 12.0 Å². The third-order valence-electron chi connectivity index (χ3n) is 4.60. The first kappa shape index (κ1) is 20.0. The van der Waals surface area contributed by atoms with Crippen molar-refractivity contribution in [3.8, 4) is 0 Å². The number of carbonyl (C=O) groups excluding carboxylic acids is 1. The lowest BCUT2D eigenvalue weighted by Gasteiger charge is -2.22. The van der Waals surface area contributed by atoms with Gasteiger partial charge in [-0.2, -0.15) is 0 Å². The van der Waals surface area contributed by atoms with Crippen molar-refractivity contribution < 1.29 is 18.0 Å². The van der Waals surface area contributed by atoms with Crippen molar-refractivity contribution >= 4 is 32.4 Å². The molecule has 146 valence electrons. The third kappa shape index (κ3) is 3.77. The molecule has 0 atom stereocenters. The van der Waals surface area contributed by atoms with Gasteiger partial charge in [-0.25, -0.2) is 8.42 Å². The van der Waals surface area contributed by atoms with Crippen molar-refractivity contribution in [3.05, 3.63) is 72.3 Å². The second-order valence-electron chi connectivity index (χ2n) is 6.20. The van der Waals surface area contributed by atoms with Gasteiger partial charge < -0.3 is 4.90 Å². The lowest BCUT2D eigenvalue weighted by molar-refractivity contribution is -0.0258. The Kier molecular flexibility index (Phi) is 5.79. The average Bonchev–Trinajstić information content (AvgIpc) is 2.73. The van der Waals surface area contributed by atoms with E-state index in [1.807, 2.05) is 49.4 Å². The van der Waals surface area contributed by atoms with Crippen LogP contribution in [0.3, 0.4) is 0 Å². The van der Waals surface area contributed by atoms with Gasteiger partial charge in [0.2, 0.25) is 0 Å². The van der Waals surface area contributed by atoms with Crippen molar-refractivity contribution in [2.45, 2.75) is 11.8 Å². The fraction of sp³-hybridized carbons (Fsp3) is 0.190. The molecule has 7 heteroatoms. The molecule has 0 heterocycles. The fourth-order valence-electron chi connectivity index (χ4n) is 2.96. The number of nitrogens with zero attached hydrogens (tertiary/aromatic N) is 2. The van der Waals surface area contributed by atoms with E-state index in [4.69, 9.17) is 4.84 Å². The molecule has 1 amide bonds. The van der Waals surface area contributed by atoms with Gasteiger partial charge in [-0.05, 0) is 54.1 Å². The Morgan fingerprint density at radius 3 is 2.21 bits per heavy atom. The van der Waals surface area contributed by atoms with Crippen LogP contribution in [0.4, 0.5) is 5.69 Å². The minimum Gasteiger partial charge on any atom is -0.309 e. The molecule has 0 aromatic heterocycles. The zero-order valence-corrected chi connectivity index (χ0v) is 16.8. The molecule has 0 fully saturated rings. The van der Waals surface area contributed by atoms with Gasteiger partial charge in [-0.3, -0.25) is 9.63 Å². The highest BCUT2D eigenvalue weighted by atomic mass is 32.2. The Bertz CT molecular complexity index is 1090. The second kappa shape index (κ2) is 8.10. The van der Waals surface area contributed by atoms with E-state index in [9.17, 15) is 13.2 Å². The summed E-state index contributed by atoms with van der Waals surface area (Å²) >= 11 is 0. The Hall–Kier alpha value is -2.74. The maximum absolute atomic E-state index is 13.0. The summed E-state index contributed by atoms with van der Waals surface area (Å²) in [6.07, 6.45) is 0. The SMILES string of the molecule is CCN(C(=O)c1ccc(S(=O)(=O)N(C)OC)cc1)c1ccc2ccccc2c1. The number of hydrogen-bond acceptors (Lipinski definition) is 4. The van der Waals surface area contributed by atoms with Crippen LogP contribution in [-0.2, 0) is 14.9 Å². The van der Waals surface area contributed by atoms with Gasteiger partial charge >= 0.3 is 0 Å². The van der Waals surface area contributed by atoms with E-state index >= 15 is 0 Å². The second-order valence-corrected chi connectivity index (χ2v) is 8.14. The molecule has 3 aromatic carbocycles. The molecular weight excluding hydrogens is 376 g/mol. The lowest BCUT2D eigenvalue weighted by atomic mass is 10.1. The predicted octanol–water partition coefficient (Wildman–Crippen LogP) is 3.69. The van der Waals surface area contributed by atoms with Crippen LogP contribution in [0, 0.1) is 0 Å². The highest BCUT2D eigenvalue weighted by Crippen LogP contribution is 2.24. The number of amides is 1. The van der Waals surface area contributed by atoms with E-state index in [-0.39, 0.29) is 10.8 Å². The summed E-state index contributed by atoms with van der Waals surface area (Å²) in [5.41, 5.74) is 1.20. The van der Waals surface area contributed by atoms with Gasteiger partial charge in [0.1, 0.15) is 0 Å². The Morgan fingerprint density at radius 1 is 0.964 bits per heavy atom. The summed E-state index contributed by atoms with van der Waals surface area (Å²) in [6, 6.07) is 19.7. The van der Waals surface area contributed by atoms with Crippen LogP contribution in [0.2, 0.25) is 0 Å². The molecule has 0 saturated heterocycles. The van der Waals surface area contributed by atoms with Gasteiger partial charge in [0.15, 0.2) is 0 Å². The average molecular weight is 398 g/mol. The summed E-state index contributed by atoms with van der Waals surface area (Å²) in [4.78, 5) is 19.5. The number of rotatable bonds is 6. The van der Waals surface area contributed by atoms with E-state index in [1.54, 1.807) is 4.90 Å². The zero-order valence-electron chi connectivity index (χ0n) is 16.0. The molecule has 0 saturated carbocycles. The quantitative estimate of drug-likeness (QED) is 0.594. The highest BCUT2D eigenvalue weighted by molar-refractivity contribution is 7.89. The first-order valence-corrected chi connectivity index (χ1v) is 10.3. The smallest absolute Gasteiger partial charge is 0.264 e. The molecule has 6 nitrogen and oxygen atoms in total. The number of anilines is 1. The van der Waals surface area contributed by atoms with Crippen LogP contribution < -0.4 is 4.90 Å². The number of carbonyl (C=O) groups is 1. The lowest BCUT2D eigenvalue weighted by Crippen LogP contribution is -2.30. The maximum Gasteiger partial charge on any atom is 0.264 e. The van der Waals surface area contributed by atoms with Crippen molar-refractivity contribution in [2.75, 3.05) is 25.6 Å². The monoisotopic (exact) mass is 398 g/mol. The molecule has 0 spiro atoms. The molecule has 0 aliphatic rings. The first-order valence-electron chi connectivity index (χ1n) is 8.82. The summed E-state index contributed by atoms with van der Waals surface area (Å²) in [5, 5.41) is 2.15. The molecule has 3 rings (SSSR count). The van der Waals surface area contributed by atoms with Gasteiger partial charge in [-0.1, -0.05) is 34.8 Å². The van der Waals surface area contributed by atoms with Crippen molar-refractivity contribution in [2.24, 2.45) is 0 Å². The molecule has 0 aliphatic carbocycles. The Labute approximate surface area is 165 Å². The van der Waals surface area contributed by atoms with Crippen LogP contribution in [0.15, 0.2) is 71.6 Å². The number of fused-ring (bicyclic) bond motifs is 1. The third-order valence-corrected chi connectivity index (χ3v) is 6.29. The Morgan fingerprint density at radius 2 is 1.61 bits per heavy atom. The van der Waals surface area contributed by atoms with Gasteiger partial charge in [0.25, 0.3) is 15.9 Å². The summed E-state index contributed by atoms with van der Waals surface area (Å²) in [6.45, 7) is 2.39. The normalized spacial score (nSPS) is 11.7. The molecule has 3 aromatic rings. The molecule has 0 unspecified atom stereocenters. The number of sulfonamides is 1. The number of benzene rings is 3. The summed E-state index contributed by atoms with van der Waals surface area (Å²) < 4.78 is 25.3. The minimum absolute atomic E-state index is 0.0575. The molecule has 0 radical (unpaired) electrons. The van der Waals surface area contributed by atoms with E-state index in [1.165, 1.54) is 38.4 Å². The first-order chi connectivity index (χ1) is 13.4. The van der Waals surface area contributed by atoms with Crippen LogP contribution >= 0.6 is 0 Å². The van der Waals surface area contributed by atoms with Crippen LogP contribution in [0.25, 0.3) is 10.8 Å². The molecule has 0 bridgehead atoms.